The zero-order valence-electron chi connectivity index (χ0n) is 14.8. The van der Waals surface area contributed by atoms with Crippen LogP contribution in [0.25, 0.3) is 0 Å². The van der Waals surface area contributed by atoms with Gasteiger partial charge in [0.15, 0.2) is 5.75 Å². The highest BCUT2D eigenvalue weighted by molar-refractivity contribution is 6.35. The Balaban J connectivity index is 2.36. The van der Waals surface area contributed by atoms with Gasteiger partial charge in [0.05, 0.1) is 10.6 Å². The number of carbonyl (C=O) groups is 4. The lowest BCUT2D eigenvalue weighted by atomic mass is 9.87. The van der Waals surface area contributed by atoms with Crippen LogP contribution in [0.1, 0.15) is 45.7 Å². The minimum absolute atomic E-state index is 0.0470. The third-order valence-corrected chi connectivity index (χ3v) is 4.74. The van der Waals surface area contributed by atoms with Gasteiger partial charge in [0, 0.05) is 25.0 Å². The third-order valence-electron chi connectivity index (χ3n) is 4.27. The number of halogens is 1. The Morgan fingerprint density at radius 1 is 0.926 bits per heavy atom. The second kappa shape index (κ2) is 6.63. The van der Waals surface area contributed by atoms with Crippen molar-refractivity contribution in [1.82, 2.24) is 0 Å². The van der Waals surface area contributed by atoms with E-state index in [2.05, 4.69) is 0 Å². The topological polar surface area (TPSA) is 86.7 Å². The van der Waals surface area contributed by atoms with E-state index in [9.17, 15) is 19.2 Å². The standard InChI is InChI=1S/C20H15ClO6/c1-10-8-9-15(17(16(10)21)26-11(2)22)20(27-12(3)23)18(24)13-6-4-5-7-14(13)19(20)25/h4-9H,1-3H3. The number of ether oxygens (including phenoxy) is 2. The number of rotatable bonds is 3. The maximum Gasteiger partial charge on any atom is 0.308 e. The fraction of sp³-hybridized carbons (Fsp3) is 0.200. The zero-order valence-corrected chi connectivity index (χ0v) is 15.5. The molecule has 1 aliphatic carbocycles. The summed E-state index contributed by atoms with van der Waals surface area (Å²) >= 11 is 6.29. The maximum atomic E-state index is 13.2. The van der Waals surface area contributed by atoms with Gasteiger partial charge < -0.3 is 9.47 Å². The molecule has 0 unspecified atom stereocenters. The Kier molecular flexibility index (Phi) is 4.61. The van der Waals surface area contributed by atoms with Gasteiger partial charge in [-0.3, -0.25) is 19.2 Å². The van der Waals surface area contributed by atoms with Gasteiger partial charge in [-0.1, -0.05) is 41.9 Å². The second-order valence-electron chi connectivity index (χ2n) is 6.15. The molecule has 0 radical (unpaired) electrons. The minimum atomic E-state index is -2.29. The fourth-order valence-corrected chi connectivity index (χ4v) is 3.35. The van der Waals surface area contributed by atoms with Gasteiger partial charge in [-0.15, -0.1) is 0 Å². The van der Waals surface area contributed by atoms with Crippen molar-refractivity contribution in [1.29, 1.82) is 0 Å². The molecule has 27 heavy (non-hydrogen) atoms. The third kappa shape index (κ3) is 2.82. The number of benzene rings is 2. The van der Waals surface area contributed by atoms with Crippen LogP contribution in [0.5, 0.6) is 5.75 Å². The molecule has 0 amide bonds. The van der Waals surface area contributed by atoms with Crippen molar-refractivity contribution in [2.24, 2.45) is 0 Å². The largest absolute Gasteiger partial charge is 0.437 e. The number of aryl methyl sites for hydroxylation is 1. The Hall–Kier alpha value is -2.99. The number of carbonyl (C=O) groups excluding carboxylic acids is 4. The number of hydrogen-bond donors (Lipinski definition) is 0. The molecule has 2 aromatic rings. The molecule has 0 aliphatic heterocycles. The smallest absolute Gasteiger partial charge is 0.308 e. The van der Waals surface area contributed by atoms with Crippen LogP contribution in [0.15, 0.2) is 36.4 Å². The normalized spacial score (nSPS) is 14.7. The maximum absolute atomic E-state index is 13.2. The molecule has 3 rings (SSSR count). The molecule has 2 aromatic carbocycles. The average Bonchev–Trinajstić information content (AvgIpc) is 2.81. The first-order valence-electron chi connectivity index (χ1n) is 8.06. The van der Waals surface area contributed by atoms with Gasteiger partial charge in [-0.05, 0) is 18.6 Å². The van der Waals surface area contributed by atoms with Gasteiger partial charge in [0.25, 0.3) is 5.60 Å². The van der Waals surface area contributed by atoms with E-state index >= 15 is 0 Å². The number of ketones is 2. The first kappa shape index (κ1) is 18.8. The summed E-state index contributed by atoms with van der Waals surface area (Å²) in [5, 5.41) is 0.0470. The van der Waals surface area contributed by atoms with Crippen LogP contribution in [0.2, 0.25) is 5.02 Å². The average molecular weight is 387 g/mol. The molecule has 0 aromatic heterocycles. The number of Topliss-reactive ketones (excluding diaryl/α,β-unsaturated/α-hetero) is 2. The van der Waals surface area contributed by atoms with Crippen molar-refractivity contribution in [3.8, 4) is 5.75 Å². The van der Waals surface area contributed by atoms with Crippen LogP contribution in [0.4, 0.5) is 0 Å². The van der Waals surface area contributed by atoms with Crippen molar-refractivity contribution < 1.29 is 28.7 Å². The Morgan fingerprint density at radius 2 is 1.48 bits per heavy atom. The minimum Gasteiger partial charge on any atom is -0.437 e. The Bertz CT molecular complexity index is 973. The molecular formula is C20H15ClO6. The molecule has 0 spiro atoms. The summed E-state index contributed by atoms with van der Waals surface area (Å²) in [6.07, 6.45) is 0. The molecule has 0 N–H and O–H groups in total. The molecule has 0 bridgehead atoms. The van der Waals surface area contributed by atoms with Gasteiger partial charge in [-0.2, -0.15) is 0 Å². The van der Waals surface area contributed by atoms with Gasteiger partial charge in [0.2, 0.25) is 11.6 Å². The highest BCUT2D eigenvalue weighted by Gasteiger charge is 2.59. The van der Waals surface area contributed by atoms with Gasteiger partial charge in [0.1, 0.15) is 0 Å². The zero-order chi connectivity index (χ0) is 19.9. The SMILES string of the molecule is CC(=O)Oc1c(C2(OC(C)=O)C(=O)c3ccccc3C2=O)ccc(C)c1Cl. The van der Waals surface area contributed by atoms with Gasteiger partial charge >= 0.3 is 11.9 Å². The molecule has 1 aliphatic rings. The molecular weight excluding hydrogens is 372 g/mol. The van der Waals surface area contributed by atoms with E-state index in [-0.39, 0.29) is 27.5 Å². The summed E-state index contributed by atoms with van der Waals surface area (Å²) in [6, 6.07) is 9.11. The van der Waals surface area contributed by atoms with Crippen molar-refractivity contribution in [2.75, 3.05) is 0 Å². The summed E-state index contributed by atoms with van der Waals surface area (Å²) in [7, 11) is 0. The van der Waals surface area contributed by atoms with Crippen LogP contribution < -0.4 is 4.74 Å². The van der Waals surface area contributed by atoms with Crippen LogP contribution in [0, 0.1) is 6.92 Å². The van der Waals surface area contributed by atoms with Crippen molar-refractivity contribution in [3.63, 3.8) is 0 Å². The Morgan fingerprint density at radius 3 is 1.96 bits per heavy atom. The molecule has 7 heteroatoms. The van der Waals surface area contributed by atoms with Gasteiger partial charge in [-0.25, -0.2) is 0 Å². The lowest BCUT2D eigenvalue weighted by molar-refractivity contribution is -0.149. The molecule has 0 fully saturated rings. The van der Waals surface area contributed by atoms with Crippen LogP contribution >= 0.6 is 11.6 Å². The summed E-state index contributed by atoms with van der Waals surface area (Å²) in [5.74, 6) is -3.15. The molecule has 0 atom stereocenters. The molecule has 0 saturated carbocycles. The highest BCUT2D eigenvalue weighted by atomic mass is 35.5. The number of esters is 2. The second-order valence-corrected chi connectivity index (χ2v) is 6.52. The highest BCUT2D eigenvalue weighted by Crippen LogP contribution is 2.47. The summed E-state index contributed by atoms with van der Waals surface area (Å²) in [5.41, 5.74) is -1.58. The van der Waals surface area contributed by atoms with E-state index in [0.717, 1.165) is 13.8 Å². The number of fused-ring (bicyclic) bond motifs is 1. The first-order chi connectivity index (χ1) is 12.7. The molecule has 0 heterocycles. The molecule has 138 valence electrons. The molecule has 0 saturated heterocycles. The van der Waals surface area contributed by atoms with E-state index in [1.165, 1.54) is 18.2 Å². The lowest BCUT2D eigenvalue weighted by Gasteiger charge is -2.28. The first-order valence-corrected chi connectivity index (χ1v) is 8.44. The van der Waals surface area contributed by atoms with Crippen molar-refractivity contribution in [2.45, 2.75) is 26.4 Å². The monoisotopic (exact) mass is 386 g/mol. The van der Waals surface area contributed by atoms with Crippen molar-refractivity contribution in [3.05, 3.63) is 63.7 Å². The quantitative estimate of drug-likeness (QED) is 0.456. The van der Waals surface area contributed by atoms with Crippen LogP contribution in [-0.2, 0) is 19.9 Å². The fourth-order valence-electron chi connectivity index (χ4n) is 3.14. The summed E-state index contributed by atoms with van der Waals surface area (Å²) < 4.78 is 10.5. The molecule has 6 nitrogen and oxygen atoms in total. The number of hydrogen-bond acceptors (Lipinski definition) is 6. The summed E-state index contributed by atoms with van der Waals surface area (Å²) in [4.78, 5) is 49.9. The van der Waals surface area contributed by atoms with E-state index in [1.54, 1.807) is 25.1 Å². The predicted octanol–water partition coefficient (Wildman–Crippen LogP) is 3.41. The van der Waals surface area contributed by atoms with E-state index in [4.69, 9.17) is 21.1 Å². The predicted molar refractivity (Wildman–Crippen MR) is 96.0 cm³/mol. The van der Waals surface area contributed by atoms with E-state index < -0.39 is 29.1 Å². The lowest BCUT2D eigenvalue weighted by Crippen LogP contribution is -2.43. The van der Waals surface area contributed by atoms with Crippen LogP contribution in [-0.4, -0.2) is 23.5 Å². The van der Waals surface area contributed by atoms with E-state index in [1.807, 2.05) is 0 Å². The van der Waals surface area contributed by atoms with E-state index in [0.29, 0.717) is 5.56 Å². The van der Waals surface area contributed by atoms with Crippen molar-refractivity contribution >= 4 is 35.1 Å². The summed E-state index contributed by atoms with van der Waals surface area (Å²) in [6.45, 7) is 3.92. The Labute approximate surface area is 160 Å². The van der Waals surface area contributed by atoms with Crippen LogP contribution in [0.3, 0.4) is 0 Å².